The molecule has 2 rings (SSSR count). The largest absolute Gasteiger partial charge is 0.495 e. The van der Waals surface area contributed by atoms with Crippen molar-refractivity contribution < 1.29 is 9.47 Å². The zero-order valence-electron chi connectivity index (χ0n) is 11.1. The molecule has 18 heavy (non-hydrogen) atoms. The van der Waals surface area contributed by atoms with Crippen LogP contribution in [-0.2, 0) is 4.74 Å². The van der Waals surface area contributed by atoms with Gasteiger partial charge in [0.1, 0.15) is 5.75 Å². The van der Waals surface area contributed by atoms with Gasteiger partial charge in [-0.2, -0.15) is 0 Å². The topological polar surface area (TPSA) is 47.7 Å². The molecule has 4 nitrogen and oxygen atoms in total. The first-order valence-corrected chi connectivity index (χ1v) is 6.48. The number of ether oxygens (including phenoxy) is 2. The van der Waals surface area contributed by atoms with Crippen molar-refractivity contribution in [1.29, 1.82) is 0 Å². The molecule has 1 fully saturated rings. The molecule has 1 saturated heterocycles. The van der Waals surface area contributed by atoms with Crippen molar-refractivity contribution in [2.45, 2.75) is 25.6 Å². The van der Waals surface area contributed by atoms with Crippen molar-refractivity contribution in [2.24, 2.45) is 5.73 Å². The molecule has 1 heterocycles. The maximum Gasteiger partial charge on any atom is 0.142 e. The second-order valence-electron chi connectivity index (χ2n) is 4.72. The molecule has 100 valence electrons. The molecule has 0 radical (unpaired) electrons. The third-order valence-corrected chi connectivity index (χ3v) is 3.24. The van der Waals surface area contributed by atoms with E-state index in [0.29, 0.717) is 6.54 Å². The summed E-state index contributed by atoms with van der Waals surface area (Å²) in [5, 5.41) is 0. The Labute approximate surface area is 109 Å². The van der Waals surface area contributed by atoms with Crippen LogP contribution in [0.4, 0.5) is 5.69 Å². The Balaban J connectivity index is 2.15. The molecular weight excluding hydrogens is 228 g/mol. The lowest BCUT2D eigenvalue weighted by atomic mass is 10.1. The first-order valence-electron chi connectivity index (χ1n) is 6.48. The summed E-state index contributed by atoms with van der Waals surface area (Å²) in [6, 6.07) is 8.11. The molecule has 1 aliphatic heterocycles. The van der Waals surface area contributed by atoms with Gasteiger partial charge in [-0.3, -0.25) is 0 Å². The van der Waals surface area contributed by atoms with Crippen LogP contribution in [0.5, 0.6) is 5.75 Å². The number of morpholine rings is 1. The van der Waals surface area contributed by atoms with Gasteiger partial charge in [0.2, 0.25) is 0 Å². The molecule has 2 atom stereocenters. The maximum atomic E-state index is 5.89. The number of nitrogens with zero attached hydrogens (tertiary/aromatic N) is 1. The summed E-state index contributed by atoms with van der Waals surface area (Å²) in [6.07, 6.45) is 1.33. The number of hydrogen-bond acceptors (Lipinski definition) is 4. The fourth-order valence-corrected chi connectivity index (χ4v) is 2.48. The van der Waals surface area contributed by atoms with Crippen LogP contribution in [0.1, 0.15) is 13.3 Å². The van der Waals surface area contributed by atoms with E-state index in [9.17, 15) is 0 Å². The summed E-state index contributed by atoms with van der Waals surface area (Å²) in [5.41, 5.74) is 6.76. The Morgan fingerprint density at radius 2 is 2.17 bits per heavy atom. The van der Waals surface area contributed by atoms with Crippen molar-refractivity contribution in [1.82, 2.24) is 0 Å². The summed E-state index contributed by atoms with van der Waals surface area (Å²) in [6.45, 7) is 4.53. The third kappa shape index (κ3) is 2.94. The molecule has 2 unspecified atom stereocenters. The monoisotopic (exact) mass is 250 g/mol. The number of rotatable bonds is 4. The quantitative estimate of drug-likeness (QED) is 0.882. The fourth-order valence-electron chi connectivity index (χ4n) is 2.48. The lowest BCUT2D eigenvalue weighted by Crippen LogP contribution is -2.47. The molecule has 0 spiro atoms. The molecule has 0 saturated carbocycles. The van der Waals surface area contributed by atoms with E-state index in [0.717, 1.165) is 30.9 Å². The zero-order valence-corrected chi connectivity index (χ0v) is 11.1. The van der Waals surface area contributed by atoms with Gasteiger partial charge < -0.3 is 20.1 Å². The average molecular weight is 250 g/mol. The molecular formula is C14H22N2O2. The molecule has 1 aromatic carbocycles. The molecule has 0 bridgehead atoms. The van der Waals surface area contributed by atoms with Crippen LogP contribution in [-0.4, -0.2) is 39.0 Å². The van der Waals surface area contributed by atoms with Gasteiger partial charge in [0, 0.05) is 13.1 Å². The average Bonchev–Trinajstić information content (AvgIpc) is 2.38. The van der Waals surface area contributed by atoms with E-state index in [-0.39, 0.29) is 12.2 Å². The number of para-hydroxylation sites is 2. The van der Waals surface area contributed by atoms with Gasteiger partial charge in [-0.25, -0.2) is 0 Å². The highest BCUT2D eigenvalue weighted by Gasteiger charge is 2.26. The summed E-state index contributed by atoms with van der Waals surface area (Å²) < 4.78 is 11.3. The van der Waals surface area contributed by atoms with E-state index in [2.05, 4.69) is 17.9 Å². The zero-order chi connectivity index (χ0) is 13.0. The van der Waals surface area contributed by atoms with Gasteiger partial charge in [0.05, 0.1) is 25.0 Å². The van der Waals surface area contributed by atoms with Crippen LogP contribution in [0.2, 0.25) is 0 Å². The van der Waals surface area contributed by atoms with Gasteiger partial charge in [-0.15, -0.1) is 0 Å². The van der Waals surface area contributed by atoms with E-state index >= 15 is 0 Å². The van der Waals surface area contributed by atoms with E-state index in [1.165, 1.54) is 0 Å². The number of nitrogens with two attached hydrogens (primary N) is 1. The van der Waals surface area contributed by atoms with Crippen LogP contribution in [0, 0.1) is 0 Å². The van der Waals surface area contributed by atoms with Crippen molar-refractivity contribution >= 4 is 5.69 Å². The van der Waals surface area contributed by atoms with Crippen molar-refractivity contribution in [3.05, 3.63) is 24.3 Å². The number of benzene rings is 1. The van der Waals surface area contributed by atoms with Crippen LogP contribution in [0.25, 0.3) is 0 Å². The summed E-state index contributed by atoms with van der Waals surface area (Å²) in [7, 11) is 1.71. The third-order valence-electron chi connectivity index (χ3n) is 3.24. The van der Waals surface area contributed by atoms with Crippen LogP contribution in [0.15, 0.2) is 24.3 Å². The SMILES string of the molecule is COc1ccccc1N1CC(C)OC(CCN)C1. The normalized spacial score (nSPS) is 24.1. The van der Waals surface area contributed by atoms with Crippen LogP contribution >= 0.6 is 0 Å². The van der Waals surface area contributed by atoms with Gasteiger partial charge >= 0.3 is 0 Å². The van der Waals surface area contributed by atoms with Crippen molar-refractivity contribution in [3.63, 3.8) is 0 Å². The van der Waals surface area contributed by atoms with Crippen molar-refractivity contribution in [3.8, 4) is 5.75 Å². The van der Waals surface area contributed by atoms with E-state index < -0.39 is 0 Å². The molecule has 0 amide bonds. The lowest BCUT2D eigenvalue weighted by Gasteiger charge is -2.38. The Hall–Kier alpha value is -1.26. The van der Waals surface area contributed by atoms with E-state index in [1.54, 1.807) is 7.11 Å². The lowest BCUT2D eigenvalue weighted by molar-refractivity contribution is -0.0184. The van der Waals surface area contributed by atoms with Gasteiger partial charge in [0.25, 0.3) is 0 Å². The second-order valence-corrected chi connectivity index (χ2v) is 4.72. The minimum absolute atomic E-state index is 0.212. The predicted octanol–water partition coefficient (Wildman–Crippen LogP) is 1.64. The van der Waals surface area contributed by atoms with E-state index in [1.807, 2.05) is 18.2 Å². The number of anilines is 1. The highest BCUT2D eigenvalue weighted by atomic mass is 16.5. The molecule has 0 aliphatic carbocycles. The minimum atomic E-state index is 0.212. The van der Waals surface area contributed by atoms with E-state index in [4.69, 9.17) is 15.2 Å². The van der Waals surface area contributed by atoms with Crippen molar-refractivity contribution in [2.75, 3.05) is 31.6 Å². The van der Waals surface area contributed by atoms with Crippen LogP contribution in [0.3, 0.4) is 0 Å². The van der Waals surface area contributed by atoms with Gasteiger partial charge in [0.15, 0.2) is 0 Å². The summed E-state index contributed by atoms with van der Waals surface area (Å²) >= 11 is 0. The number of methoxy groups -OCH3 is 1. The Morgan fingerprint density at radius 1 is 1.39 bits per heavy atom. The molecule has 1 aliphatic rings. The summed E-state index contributed by atoms with van der Waals surface area (Å²) in [4.78, 5) is 2.33. The maximum absolute atomic E-state index is 5.89. The fraction of sp³-hybridized carbons (Fsp3) is 0.571. The highest BCUT2D eigenvalue weighted by molar-refractivity contribution is 5.58. The molecule has 2 N–H and O–H groups in total. The highest BCUT2D eigenvalue weighted by Crippen LogP contribution is 2.30. The Bertz CT molecular complexity index is 384. The smallest absolute Gasteiger partial charge is 0.142 e. The van der Waals surface area contributed by atoms with Crippen LogP contribution < -0.4 is 15.4 Å². The molecule has 1 aromatic rings. The first-order chi connectivity index (χ1) is 8.74. The number of hydrogen-bond donors (Lipinski definition) is 1. The Morgan fingerprint density at radius 3 is 2.89 bits per heavy atom. The second kappa shape index (κ2) is 6.07. The minimum Gasteiger partial charge on any atom is -0.495 e. The Kier molecular flexibility index (Phi) is 4.44. The molecule has 4 heteroatoms. The van der Waals surface area contributed by atoms with Gasteiger partial charge in [-0.1, -0.05) is 12.1 Å². The first kappa shape index (κ1) is 13.2. The van der Waals surface area contributed by atoms with Gasteiger partial charge in [-0.05, 0) is 32.0 Å². The standard InChI is InChI=1S/C14H22N2O2/c1-11-9-16(10-12(18-11)7-8-15)13-5-3-4-6-14(13)17-2/h3-6,11-12H,7-10,15H2,1-2H3. The summed E-state index contributed by atoms with van der Waals surface area (Å²) in [5.74, 6) is 0.915. The molecule has 0 aromatic heterocycles. The predicted molar refractivity (Wildman–Crippen MR) is 73.2 cm³/mol.